The van der Waals surface area contributed by atoms with Crippen molar-refractivity contribution in [2.45, 2.75) is 57.5 Å². The van der Waals surface area contributed by atoms with Gasteiger partial charge in [-0.3, -0.25) is 4.79 Å². The number of hydrogen-bond acceptors (Lipinski definition) is 4. The maximum atomic E-state index is 13.8. The molecular formula is C20H24F2N2O2S. The molecule has 2 heterocycles. The van der Waals surface area contributed by atoms with E-state index < -0.39 is 11.6 Å². The van der Waals surface area contributed by atoms with Crippen molar-refractivity contribution in [1.82, 2.24) is 9.88 Å². The van der Waals surface area contributed by atoms with Gasteiger partial charge in [0, 0.05) is 38.4 Å². The highest BCUT2D eigenvalue weighted by Crippen LogP contribution is 2.32. The van der Waals surface area contributed by atoms with Gasteiger partial charge in [-0.2, -0.15) is 4.98 Å². The van der Waals surface area contributed by atoms with Gasteiger partial charge in [0.1, 0.15) is 17.4 Å². The van der Waals surface area contributed by atoms with Crippen LogP contribution >= 0.6 is 11.3 Å². The highest BCUT2D eigenvalue weighted by atomic mass is 32.1. The number of amides is 1. The van der Waals surface area contributed by atoms with Crippen molar-refractivity contribution in [2.75, 3.05) is 13.1 Å². The molecule has 27 heavy (non-hydrogen) atoms. The average molecular weight is 394 g/mol. The van der Waals surface area contributed by atoms with E-state index in [1.54, 1.807) is 0 Å². The molecule has 1 amide bonds. The second-order valence-corrected chi connectivity index (χ2v) is 8.59. The van der Waals surface area contributed by atoms with Gasteiger partial charge in [0.05, 0.1) is 4.70 Å². The third-order valence-electron chi connectivity index (χ3n) is 5.70. The Hall–Kier alpha value is -1.76. The Balaban J connectivity index is 1.28. The number of fused-ring (bicyclic) bond motifs is 1. The number of halogens is 2. The van der Waals surface area contributed by atoms with Crippen molar-refractivity contribution in [3.05, 3.63) is 23.8 Å². The molecule has 7 heteroatoms. The van der Waals surface area contributed by atoms with E-state index >= 15 is 0 Å². The van der Waals surface area contributed by atoms with Crippen LogP contribution in [0.4, 0.5) is 8.78 Å². The quantitative estimate of drug-likeness (QED) is 0.723. The first kappa shape index (κ1) is 18.6. The van der Waals surface area contributed by atoms with Gasteiger partial charge in [-0.05, 0) is 18.4 Å². The molecule has 1 aliphatic carbocycles. The van der Waals surface area contributed by atoms with Crippen LogP contribution in [0.2, 0.25) is 0 Å². The van der Waals surface area contributed by atoms with Crippen molar-refractivity contribution >= 4 is 27.5 Å². The zero-order valence-electron chi connectivity index (χ0n) is 15.3. The molecule has 0 N–H and O–H groups in total. The van der Waals surface area contributed by atoms with Gasteiger partial charge in [-0.25, -0.2) is 8.78 Å². The van der Waals surface area contributed by atoms with Gasteiger partial charge in [-0.15, -0.1) is 0 Å². The standard InChI is InChI=1S/C20H24F2N2O2S/c21-14-11-16(22)19-17(12-14)27-20(23-19)26-15-7-9-24(10-8-15)18(25)6-5-13-3-1-2-4-13/h11-13,15H,1-10H2. The van der Waals surface area contributed by atoms with Crippen molar-refractivity contribution < 1.29 is 18.3 Å². The number of hydrogen-bond donors (Lipinski definition) is 0. The molecule has 1 aliphatic heterocycles. The van der Waals surface area contributed by atoms with E-state index in [-0.39, 0.29) is 17.5 Å². The summed E-state index contributed by atoms with van der Waals surface area (Å²) < 4.78 is 33.4. The lowest BCUT2D eigenvalue weighted by Gasteiger charge is -2.32. The van der Waals surface area contributed by atoms with Crippen LogP contribution in [-0.4, -0.2) is 35.0 Å². The fourth-order valence-electron chi connectivity index (χ4n) is 4.14. The fraction of sp³-hybridized carbons (Fsp3) is 0.600. The van der Waals surface area contributed by atoms with Gasteiger partial charge >= 0.3 is 0 Å². The van der Waals surface area contributed by atoms with Crippen molar-refractivity contribution in [2.24, 2.45) is 5.92 Å². The number of likely N-dealkylation sites (tertiary alicyclic amines) is 1. The summed E-state index contributed by atoms with van der Waals surface area (Å²) in [6.07, 6.45) is 8.27. The summed E-state index contributed by atoms with van der Waals surface area (Å²) in [6.45, 7) is 1.37. The van der Waals surface area contributed by atoms with E-state index in [1.165, 1.54) is 31.7 Å². The molecular weight excluding hydrogens is 370 g/mol. The molecule has 2 aromatic rings. The average Bonchev–Trinajstić information content (AvgIpc) is 3.30. The van der Waals surface area contributed by atoms with E-state index in [2.05, 4.69) is 4.98 Å². The van der Waals surface area contributed by atoms with Crippen LogP contribution in [0, 0.1) is 17.6 Å². The molecule has 2 fully saturated rings. The summed E-state index contributed by atoms with van der Waals surface area (Å²) in [5, 5.41) is 0.362. The topological polar surface area (TPSA) is 42.4 Å². The van der Waals surface area contributed by atoms with Crippen LogP contribution < -0.4 is 4.74 Å². The summed E-state index contributed by atoms with van der Waals surface area (Å²) in [6, 6.07) is 2.11. The monoisotopic (exact) mass is 394 g/mol. The molecule has 4 nitrogen and oxygen atoms in total. The highest BCUT2D eigenvalue weighted by molar-refractivity contribution is 7.20. The number of benzene rings is 1. The molecule has 0 unspecified atom stereocenters. The van der Waals surface area contributed by atoms with Crippen molar-refractivity contribution in [1.29, 1.82) is 0 Å². The van der Waals surface area contributed by atoms with Gasteiger partial charge in [0.25, 0.3) is 5.19 Å². The number of piperidine rings is 1. The normalized spacial score (nSPS) is 19.1. The number of ether oxygens (including phenoxy) is 1. The maximum absolute atomic E-state index is 13.8. The number of nitrogens with zero attached hydrogens (tertiary/aromatic N) is 2. The molecule has 1 saturated heterocycles. The van der Waals surface area contributed by atoms with Crippen LogP contribution in [0.25, 0.3) is 10.2 Å². The lowest BCUT2D eigenvalue weighted by Crippen LogP contribution is -2.41. The summed E-state index contributed by atoms with van der Waals surface area (Å²) >= 11 is 1.15. The third-order valence-corrected chi connectivity index (χ3v) is 6.59. The highest BCUT2D eigenvalue weighted by Gasteiger charge is 2.26. The second kappa shape index (κ2) is 8.09. The first-order valence-corrected chi connectivity index (χ1v) is 10.6. The molecule has 0 bridgehead atoms. The lowest BCUT2D eigenvalue weighted by atomic mass is 10.0. The Morgan fingerprint density at radius 2 is 1.93 bits per heavy atom. The zero-order chi connectivity index (χ0) is 18.8. The third kappa shape index (κ3) is 4.39. The minimum atomic E-state index is -0.668. The van der Waals surface area contributed by atoms with E-state index in [0.29, 0.717) is 29.4 Å². The largest absolute Gasteiger partial charge is 0.467 e. The lowest BCUT2D eigenvalue weighted by molar-refractivity contribution is -0.133. The van der Waals surface area contributed by atoms with Crippen molar-refractivity contribution in [3.63, 3.8) is 0 Å². The number of aromatic nitrogens is 1. The predicted molar refractivity (Wildman–Crippen MR) is 101 cm³/mol. The molecule has 2 aliphatic rings. The second-order valence-electron chi connectivity index (χ2n) is 7.60. The van der Waals surface area contributed by atoms with E-state index in [1.807, 2.05) is 4.90 Å². The fourth-order valence-corrected chi connectivity index (χ4v) is 5.06. The predicted octanol–water partition coefficient (Wildman–Crippen LogP) is 4.91. The van der Waals surface area contributed by atoms with Crippen molar-refractivity contribution in [3.8, 4) is 5.19 Å². The van der Waals surface area contributed by atoms with Gasteiger partial charge in [0.2, 0.25) is 5.91 Å². The molecule has 146 valence electrons. The summed E-state index contributed by atoms with van der Waals surface area (Å²) in [7, 11) is 0. The van der Waals surface area contributed by atoms with E-state index in [9.17, 15) is 13.6 Å². The number of rotatable bonds is 5. The summed E-state index contributed by atoms with van der Waals surface area (Å²) in [5.41, 5.74) is 0.149. The van der Waals surface area contributed by atoms with E-state index in [0.717, 1.165) is 42.6 Å². The summed E-state index contributed by atoms with van der Waals surface area (Å²) in [4.78, 5) is 18.5. The maximum Gasteiger partial charge on any atom is 0.274 e. The van der Waals surface area contributed by atoms with E-state index in [4.69, 9.17) is 4.74 Å². The van der Waals surface area contributed by atoms with Crippen LogP contribution in [-0.2, 0) is 4.79 Å². The Morgan fingerprint density at radius 1 is 1.19 bits per heavy atom. The summed E-state index contributed by atoms with van der Waals surface area (Å²) in [5.74, 6) is -0.296. The smallest absolute Gasteiger partial charge is 0.274 e. The molecule has 1 aromatic carbocycles. The van der Waals surface area contributed by atoms with Crippen LogP contribution in [0.15, 0.2) is 12.1 Å². The zero-order valence-corrected chi connectivity index (χ0v) is 16.1. The molecule has 0 spiro atoms. The van der Waals surface area contributed by atoms with Gasteiger partial charge < -0.3 is 9.64 Å². The molecule has 1 saturated carbocycles. The molecule has 0 atom stereocenters. The van der Waals surface area contributed by atoms with Crippen LogP contribution in [0.3, 0.4) is 0 Å². The minimum Gasteiger partial charge on any atom is -0.467 e. The Labute approximate surface area is 161 Å². The Kier molecular flexibility index (Phi) is 5.57. The Bertz CT molecular complexity index is 812. The first-order valence-electron chi connectivity index (χ1n) is 9.78. The van der Waals surface area contributed by atoms with Crippen LogP contribution in [0.5, 0.6) is 5.19 Å². The molecule has 1 aromatic heterocycles. The molecule has 4 rings (SSSR count). The van der Waals surface area contributed by atoms with Gasteiger partial charge in [0.15, 0.2) is 5.82 Å². The number of carbonyl (C=O) groups is 1. The Morgan fingerprint density at radius 3 is 2.67 bits per heavy atom. The molecule has 0 radical (unpaired) electrons. The van der Waals surface area contributed by atoms with Crippen LogP contribution in [0.1, 0.15) is 51.4 Å². The van der Waals surface area contributed by atoms with Gasteiger partial charge in [-0.1, -0.05) is 37.0 Å². The number of thiazole rings is 1. The SMILES string of the molecule is O=C(CCC1CCCC1)N1CCC(Oc2nc3c(F)cc(F)cc3s2)CC1. The number of carbonyl (C=O) groups excluding carboxylic acids is 1. The first-order chi connectivity index (χ1) is 13.1. The minimum absolute atomic E-state index is 0.0441.